The van der Waals surface area contributed by atoms with Gasteiger partial charge in [-0.3, -0.25) is 0 Å². The molecule has 0 bridgehead atoms. The van der Waals surface area contributed by atoms with Crippen molar-refractivity contribution in [1.29, 1.82) is 0 Å². The van der Waals surface area contributed by atoms with Crippen LogP contribution in [0.25, 0.3) is 5.52 Å². The smallest absolute Gasteiger partial charge is 0.172 e. The van der Waals surface area contributed by atoms with E-state index in [0.29, 0.717) is 0 Å². The van der Waals surface area contributed by atoms with Crippen LogP contribution in [-0.4, -0.2) is 47.3 Å². The second-order valence-electron chi connectivity index (χ2n) is 6.07. The third-order valence-corrected chi connectivity index (χ3v) is 4.42. The molecule has 21 heavy (non-hydrogen) atoms. The molecule has 0 amide bonds. The van der Waals surface area contributed by atoms with Crippen molar-refractivity contribution in [2.45, 2.75) is 19.3 Å². The monoisotopic (exact) mass is 309 g/mol. The Morgan fingerprint density at radius 3 is 2.76 bits per heavy atom. The number of likely N-dealkylation sites (tertiary alicyclic amines) is 1. The van der Waals surface area contributed by atoms with Crippen LogP contribution >= 0.6 is 0 Å². The number of nitrogens with one attached hydrogen (secondary N) is 1. The molecule has 1 aliphatic rings. The van der Waals surface area contributed by atoms with Gasteiger partial charge in [0.1, 0.15) is 5.69 Å². The number of rotatable bonds is 4. The van der Waals surface area contributed by atoms with E-state index in [-0.39, 0.29) is 12.4 Å². The SMILES string of the molecule is C[N+]1(CCNc2nn3ccccc3c2N)CCCCC1.[Cl-]. The van der Waals surface area contributed by atoms with E-state index in [1.54, 1.807) is 0 Å². The minimum atomic E-state index is 0. The lowest BCUT2D eigenvalue weighted by Gasteiger charge is -2.37. The number of aromatic nitrogens is 2. The van der Waals surface area contributed by atoms with Gasteiger partial charge in [0.25, 0.3) is 0 Å². The Morgan fingerprint density at radius 1 is 1.29 bits per heavy atom. The van der Waals surface area contributed by atoms with E-state index in [1.165, 1.54) is 36.8 Å². The quantitative estimate of drug-likeness (QED) is 0.710. The Labute approximate surface area is 132 Å². The molecule has 2 aromatic heterocycles. The minimum absolute atomic E-state index is 0. The fourth-order valence-electron chi connectivity index (χ4n) is 3.09. The van der Waals surface area contributed by atoms with Gasteiger partial charge in [-0.2, -0.15) is 0 Å². The summed E-state index contributed by atoms with van der Waals surface area (Å²) < 4.78 is 3.00. The summed E-state index contributed by atoms with van der Waals surface area (Å²) >= 11 is 0. The van der Waals surface area contributed by atoms with Crippen molar-refractivity contribution in [2.75, 3.05) is 44.3 Å². The number of nitrogen functional groups attached to an aromatic ring is 1. The van der Waals surface area contributed by atoms with Crippen molar-refractivity contribution in [3.63, 3.8) is 0 Å². The van der Waals surface area contributed by atoms with Crippen molar-refractivity contribution in [1.82, 2.24) is 9.61 Å². The molecule has 0 saturated carbocycles. The summed E-state index contributed by atoms with van der Waals surface area (Å²) in [6.45, 7) is 4.64. The van der Waals surface area contributed by atoms with E-state index in [0.717, 1.165) is 30.1 Å². The predicted molar refractivity (Wildman–Crippen MR) is 82.7 cm³/mol. The first kappa shape index (κ1) is 15.9. The first-order valence-corrected chi connectivity index (χ1v) is 7.48. The predicted octanol–water partition coefficient (Wildman–Crippen LogP) is -1.04. The standard InChI is InChI=1S/C15H24N5.ClH/c1-20(10-5-2-6-11-20)12-8-17-15-14(16)13-7-3-4-9-19(13)18-15;/h3-4,7,9H,2,5-6,8,10-12,16H2,1H3,(H,17,18);1H/q+1;/p-1. The molecule has 3 N–H and O–H groups in total. The molecule has 1 aliphatic heterocycles. The van der Waals surface area contributed by atoms with Crippen molar-refractivity contribution in [3.8, 4) is 0 Å². The van der Waals surface area contributed by atoms with E-state index in [2.05, 4.69) is 17.5 Å². The average molecular weight is 310 g/mol. The second kappa shape index (κ2) is 6.54. The molecule has 0 radical (unpaired) electrons. The molecular weight excluding hydrogens is 286 g/mol. The number of fused-ring (bicyclic) bond motifs is 1. The van der Waals surface area contributed by atoms with Crippen LogP contribution in [0.15, 0.2) is 24.4 Å². The van der Waals surface area contributed by atoms with Crippen molar-refractivity contribution in [3.05, 3.63) is 24.4 Å². The number of anilines is 2. The summed E-state index contributed by atoms with van der Waals surface area (Å²) in [5.74, 6) is 0.805. The molecule has 5 nitrogen and oxygen atoms in total. The fraction of sp³-hybridized carbons (Fsp3) is 0.533. The number of nitrogens with zero attached hydrogens (tertiary/aromatic N) is 3. The lowest BCUT2D eigenvalue weighted by atomic mass is 10.1. The molecule has 0 aromatic carbocycles. The number of likely N-dealkylation sites (N-methyl/N-ethyl adjacent to an activating group) is 1. The molecule has 2 aromatic rings. The van der Waals surface area contributed by atoms with Crippen molar-refractivity contribution >= 4 is 17.0 Å². The molecule has 0 atom stereocenters. The molecular formula is C15H24ClN5. The highest BCUT2D eigenvalue weighted by Crippen LogP contribution is 2.22. The van der Waals surface area contributed by atoms with E-state index in [1.807, 2.05) is 28.9 Å². The number of pyridine rings is 1. The third kappa shape index (κ3) is 3.41. The van der Waals surface area contributed by atoms with Crippen LogP contribution in [0.1, 0.15) is 19.3 Å². The first-order valence-electron chi connectivity index (χ1n) is 7.48. The molecule has 0 aliphatic carbocycles. The number of hydrogen-bond donors (Lipinski definition) is 2. The van der Waals surface area contributed by atoms with Gasteiger partial charge in [-0.25, -0.2) is 4.52 Å². The molecule has 3 heterocycles. The lowest BCUT2D eigenvalue weighted by molar-refractivity contribution is -0.912. The minimum Gasteiger partial charge on any atom is -1.00 e. The van der Waals surface area contributed by atoms with Crippen LogP contribution in [0.4, 0.5) is 11.5 Å². The number of hydrogen-bond acceptors (Lipinski definition) is 3. The van der Waals surface area contributed by atoms with Gasteiger partial charge in [-0.1, -0.05) is 6.07 Å². The maximum absolute atomic E-state index is 6.14. The summed E-state index contributed by atoms with van der Waals surface area (Å²) in [5.41, 5.74) is 7.85. The molecule has 3 rings (SSSR count). The topological polar surface area (TPSA) is 55.4 Å². The Morgan fingerprint density at radius 2 is 2.05 bits per heavy atom. The summed E-state index contributed by atoms with van der Waals surface area (Å²) in [7, 11) is 2.36. The largest absolute Gasteiger partial charge is 1.00 e. The Balaban J connectivity index is 0.00000161. The average Bonchev–Trinajstić information content (AvgIpc) is 2.77. The maximum atomic E-state index is 6.14. The van der Waals surface area contributed by atoms with Crippen LogP contribution in [0.5, 0.6) is 0 Å². The van der Waals surface area contributed by atoms with E-state index in [9.17, 15) is 0 Å². The van der Waals surface area contributed by atoms with Gasteiger partial charge in [-0.05, 0) is 31.4 Å². The second-order valence-corrected chi connectivity index (χ2v) is 6.07. The van der Waals surface area contributed by atoms with Crippen molar-refractivity contribution in [2.24, 2.45) is 0 Å². The normalized spacial score (nSPS) is 17.4. The third-order valence-electron chi connectivity index (χ3n) is 4.42. The highest BCUT2D eigenvalue weighted by atomic mass is 35.5. The molecule has 1 saturated heterocycles. The first-order chi connectivity index (χ1) is 9.68. The number of quaternary nitrogens is 1. The summed E-state index contributed by atoms with van der Waals surface area (Å²) in [4.78, 5) is 0. The van der Waals surface area contributed by atoms with Crippen molar-refractivity contribution < 1.29 is 16.9 Å². The molecule has 1 fully saturated rings. The zero-order chi connectivity index (χ0) is 14.0. The van der Waals surface area contributed by atoms with Gasteiger partial charge in [0.05, 0.1) is 38.7 Å². The molecule has 116 valence electrons. The number of nitrogens with two attached hydrogens (primary N) is 1. The Kier molecular flexibility index (Phi) is 4.96. The number of piperidine rings is 1. The highest BCUT2D eigenvalue weighted by molar-refractivity contribution is 5.80. The van der Waals surface area contributed by atoms with Gasteiger partial charge >= 0.3 is 0 Å². The van der Waals surface area contributed by atoms with E-state index >= 15 is 0 Å². The molecule has 0 spiro atoms. The van der Waals surface area contributed by atoms with Crippen LogP contribution in [0, 0.1) is 0 Å². The molecule has 0 unspecified atom stereocenters. The summed E-state index contributed by atoms with van der Waals surface area (Å²) in [6.07, 6.45) is 6.02. The van der Waals surface area contributed by atoms with Gasteiger partial charge in [0.2, 0.25) is 0 Å². The van der Waals surface area contributed by atoms with Crippen LogP contribution in [-0.2, 0) is 0 Å². The zero-order valence-corrected chi connectivity index (χ0v) is 13.3. The Bertz CT molecular complexity index is 589. The van der Waals surface area contributed by atoms with Crippen LogP contribution in [0.3, 0.4) is 0 Å². The van der Waals surface area contributed by atoms with Gasteiger partial charge in [-0.15, -0.1) is 5.10 Å². The molecule has 6 heteroatoms. The van der Waals surface area contributed by atoms with Gasteiger partial charge < -0.3 is 27.9 Å². The summed E-state index contributed by atoms with van der Waals surface area (Å²) in [5, 5.41) is 7.89. The van der Waals surface area contributed by atoms with E-state index in [4.69, 9.17) is 5.73 Å². The lowest BCUT2D eigenvalue weighted by Crippen LogP contribution is -3.00. The summed E-state index contributed by atoms with van der Waals surface area (Å²) in [6, 6.07) is 5.94. The fourth-order valence-corrected chi connectivity index (χ4v) is 3.09. The maximum Gasteiger partial charge on any atom is 0.172 e. The van der Waals surface area contributed by atoms with Gasteiger partial charge in [0, 0.05) is 6.20 Å². The highest BCUT2D eigenvalue weighted by Gasteiger charge is 2.24. The van der Waals surface area contributed by atoms with E-state index < -0.39 is 0 Å². The Hall–Kier alpha value is -1.46. The van der Waals surface area contributed by atoms with Crippen LogP contribution < -0.4 is 23.5 Å². The number of halogens is 1. The zero-order valence-electron chi connectivity index (χ0n) is 12.6. The van der Waals surface area contributed by atoms with Gasteiger partial charge in [0.15, 0.2) is 5.82 Å². The van der Waals surface area contributed by atoms with Crippen LogP contribution in [0.2, 0.25) is 0 Å².